The third kappa shape index (κ3) is 4.76. The molecule has 0 aliphatic carbocycles. The molecule has 9 heteroatoms. The van der Waals surface area contributed by atoms with Crippen molar-refractivity contribution in [3.63, 3.8) is 0 Å². The molecule has 0 aliphatic heterocycles. The SMILES string of the molecule is O=[N+]([O-])c1ccc(Cl)nc1NCCOCC(F)F. The zero-order valence-corrected chi connectivity index (χ0v) is 9.86. The highest BCUT2D eigenvalue weighted by atomic mass is 35.5. The number of pyridine rings is 1. The van der Waals surface area contributed by atoms with Crippen molar-refractivity contribution < 1.29 is 18.4 Å². The van der Waals surface area contributed by atoms with Gasteiger partial charge in [-0.2, -0.15) is 0 Å². The third-order valence-electron chi connectivity index (χ3n) is 1.82. The van der Waals surface area contributed by atoms with Crippen molar-refractivity contribution in [2.75, 3.05) is 25.1 Å². The van der Waals surface area contributed by atoms with E-state index < -0.39 is 18.0 Å². The molecular formula is C9H10ClF2N3O3. The fraction of sp³-hybridized carbons (Fsp3) is 0.444. The third-order valence-corrected chi connectivity index (χ3v) is 2.03. The Labute approximate surface area is 106 Å². The summed E-state index contributed by atoms with van der Waals surface area (Å²) in [5.74, 6) is -0.0202. The molecule has 1 rings (SSSR count). The van der Waals surface area contributed by atoms with E-state index in [1.807, 2.05) is 0 Å². The fourth-order valence-electron chi connectivity index (χ4n) is 1.12. The van der Waals surface area contributed by atoms with Crippen LogP contribution < -0.4 is 5.32 Å². The minimum atomic E-state index is -2.54. The average molecular weight is 282 g/mol. The smallest absolute Gasteiger partial charge is 0.311 e. The predicted octanol–water partition coefficient (Wildman–Crippen LogP) is 2.34. The summed E-state index contributed by atoms with van der Waals surface area (Å²) >= 11 is 5.60. The van der Waals surface area contributed by atoms with Crippen LogP contribution >= 0.6 is 11.6 Å². The van der Waals surface area contributed by atoms with Gasteiger partial charge in [-0.05, 0) is 6.07 Å². The molecule has 0 atom stereocenters. The van der Waals surface area contributed by atoms with Gasteiger partial charge in [0.25, 0.3) is 6.43 Å². The molecule has 1 heterocycles. The van der Waals surface area contributed by atoms with Crippen LogP contribution in [0.1, 0.15) is 0 Å². The van der Waals surface area contributed by atoms with Crippen LogP contribution in [-0.2, 0) is 4.74 Å². The van der Waals surface area contributed by atoms with Crippen molar-refractivity contribution in [2.24, 2.45) is 0 Å². The van der Waals surface area contributed by atoms with E-state index in [9.17, 15) is 18.9 Å². The van der Waals surface area contributed by atoms with E-state index in [1.54, 1.807) is 0 Å². The Morgan fingerprint density at radius 2 is 2.28 bits per heavy atom. The van der Waals surface area contributed by atoms with E-state index in [2.05, 4.69) is 15.0 Å². The van der Waals surface area contributed by atoms with Crippen LogP contribution in [0, 0.1) is 10.1 Å². The molecule has 0 saturated heterocycles. The zero-order chi connectivity index (χ0) is 13.5. The summed E-state index contributed by atoms with van der Waals surface area (Å²) in [4.78, 5) is 13.8. The van der Waals surface area contributed by atoms with E-state index in [0.717, 1.165) is 0 Å². The summed E-state index contributed by atoms with van der Waals surface area (Å²) < 4.78 is 28.1. The Balaban J connectivity index is 2.50. The Morgan fingerprint density at radius 1 is 1.56 bits per heavy atom. The van der Waals surface area contributed by atoms with Crippen LogP contribution in [0.25, 0.3) is 0 Å². The lowest BCUT2D eigenvalue weighted by Gasteiger charge is -2.07. The van der Waals surface area contributed by atoms with Gasteiger partial charge in [-0.15, -0.1) is 0 Å². The molecule has 100 valence electrons. The molecule has 0 fully saturated rings. The molecular weight excluding hydrogens is 272 g/mol. The van der Waals surface area contributed by atoms with Gasteiger partial charge in [0.05, 0.1) is 11.5 Å². The van der Waals surface area contributed by atoms with Gasteiger partial charge in [-0.25, -0.2) is 13.8 Å². The number of anilines is 1. The van der Waals surface area contributed by atoms with Gasteiger partial charge in [0.15, 0.2) is 0 Å². The molecule has 1 N–H and O–H groups in total. The van der Waals surface area contributed by atoms with Crippen molar-refractivity contribution in [2.45, 2.75) is 6.43 Å². The fourth-order valence-corrected chi connectivity index (χ4v) is 1.27. The van der Waals surface area contributed by atoms with Gasteiger partial charge in [-0.1, -0.05) is 11.6 Å². The molecule has 0 saturated carbocycles. The van der Waals surface area contributed by atoms with Gasteiger partial charge in [0.2, 0.25) is 5.82 Å². The van der Waals surface area contributed by atoms with Gasteiger partial charge < -0.3 is 10.1 Å². The first-order valence-corrected chi connectivity index (χ1v) is 5.29. The van der Waals surface area contributed by atoms with E-state index in [-0.39, 0.29) is 29.8 Å². The van der Waals surface area contributed by atoms with Crippen LogP contribution in [0.3, 0.4) is 0 Å². The second kappa shape index (κ2) is 7.02. The van der Waals surface area contributed by atoms with Gasteiger partial charge in [-0.3, -0.25) is 10.1 Å². The van der Waals surface area contributed by atoms with Crippen LogP contribution in [0.15, 0.2) is 12.1 Å². The molecule has 0 amide bonds. The number of nitrogens with zero attached hydrogens (tertiary/aromatic N) is 2. The number of alkyl halides is 2. The maximum atomic E-state index is 11.7. The molecule has 6 nitrogen and oxygen atoms in total. The van der Waals surface area contributed by atoms with Gasteiger partial charge >= 0.3 is 5.69 Å². The lowest BCUT2D eigenvalue weighted by Crippen LogP contribution is -2.14. The summed E-state index contributed by atoms with van der Waals surface area (Å²) in [7, 11) is 0. The van der Waals surface area contributed by atoms with Crippen LogP contribution in [0.5, 0.6) is 0 Å². The molecule has 1 aromatic heterocycles. The maximum absolute atomic E-state index is 11.7. The molecule has 18 heavy (non-hydrogen) atoms. The van der Waals surface area contributed by atoms with Crippen molar-refractivity contribution in [3.8, 4) is 0 Å². The zero-order valence-electron chi connectivity index (χ0n) is 9.11. The first kappa shape index (κ1) is 14.5. The van der Waals surface area contributed by atoms with Crippen LogP contribution in [0.2, 0.25) is 5.15 Å². The number of ether oxygens (including phenoxy) is 1. The quantitative estimate of drug-likeness (QED) is 0.359. The Kier molecular flexibility index (Phi) is 5.66. The summed E-state index contributed by atoms with van der Waals surface area (Å²) in [6.07, 6.45) is -2.54. The standard InChI is InChI=1S/C9H10ClF2N3O3/c10-7-2-1-6(15(16)17)9(14-7)13-3-4-18-5-8(11)12/h1-2,8H,3-5H2,(H,13,14). The number of nitrogens with one attached hydrogen (secondary N) is 1. The maximum Gasteiger partial charge on any atom is 0.311 e. The number of rotatable bonds is 7. The van der Waals surface area contributed by atoms with Crippen LogP contribution in [0.4, 0.5) is 20.3 Å². The average Bonchev–Trinajstić information content (AvgIpc) is 2.27. The predicted molar refractivity (Wildman–Crippen MR) is 61.2 cm³/mol. The molecule has 0 bridgehead atoms. The number of nitro groups is 1. The first-order valence-electron chi connectivity index (χ1n) is 4.91. The lowest BCUT2D eigenvalue weighted by atomic mass is 10.4. The van der Waals surface area contributed by atoms with E-state index in [0.29, 0.717) is 0 Å². The van der Waals surface area contributed by atoms with Crippen molar-refractivity contribution in [3.05, 3.63) is 27.4 Å². The highest BCUT2D eigenvalue weighted by molar-refractivity contribution is 6.29. The first-order chi connectivity index (χ1) is 8.50. The number of hydrogen-bond donors (Lipinski definition) is 1. The number of hydrogen-bond acceptors (Lipinski definition) is 5. The monoisotopic (exact) mass is 281 g/mol. The Hall–Kier alpha value is -1.54. The molecule has 0 aliphatic rings. The molecule has 0 unspecified atom stereocenters. The highest BCUT2D eigenvalue weighted by Crippen LogP contribution is 2.23. The van der Waals surface area contributed by atoms with E-state index in [4.69, 9.17) is 11.6 Å². The molecule has 0 radical (unpaired) electrons. The van der Waals surface area contributed by atoms with E-state index in [1.165, 1.54) is 12.1 Å². The minimum Gasteiger partial charge on any atom is -0.374 e. The largest absolute Gasteiger partial charge is 0.374 e. The summed E-state index contributed by atoms with van der Waals surface area (Å²) in [5.41, 5.74) is -0.242. The van der Waals surface area contributed by atoms with Crippen LogP contribution in [-0.4, -0.2) is 36.1 Å². The normalized spacial score (nSPS) is 10.7. The van der Waals surface area contributed by atoms with Crippen molar-refractivity contribution in [1.82, 2.24) is 4.98 Å². The molecule has 0 aromatic carbocycles. The van der Waals surface area contributed by atoms with Crippen molar-refractivity contribution in [1.29, 1.82) is 0 Å². The van der Waals surface area contributed by atoms with E-state index >= 15 is 0 Å². The second-order valence-electron chi connectivity index (χ2n) is 3.15. The van der Waals surface area contributed by atoms with Gasteiger partial charge in [0, 0.05) is 12.6 Å². The molecule has 0 spiro atoms. The second-order valence-corrected chi connectivity index (χ2v) is 3.54. The lowest BCUT2D eigenvalue weighted by molar-refractivity contribution is -0.384. The number of aromatic nitrogens is 1. The Bertz CT molecular complexity index is 420. The number of halogens is 3. The topological polar surface area (TPSA) is 77.3 Å². The van der Waals surface area contributed by atoms with Crippen molar-refractivity contribution >= 4 is 23.1 Å². The summed E-state index contributed by atoms with van der Waals surface area (Å²) in [6.45, 7) is -0.580. The molecule has 1 aromatic rings. The highest BCUT2D eigenvalue weighted by Gasteiger charge is 2.15. The summed E-state index contributed by atoms with van der Waals surface area (Å²) in [6, 6.07) is 2.50. The van der Waals surface area contributed by atoms with Gasteiger partial charge in [0.1, 0.15) is 11.8 Å². The Morgan fingerprint density at radius 3 is 2.89 bits per heavy atom. The summed E-state index contributed by atoms with van der Waals surface area (Å²) in [5, 5.41) is 13.4. The minimum absolute atomic E-state index is 0.0182.